The van der Waals surface area contributed by atoms with E-state index in [-0.39, 0.29) is 0 Å². The molecule has 0 aliphatic carbocycles. The van der Waals surface area contributed by atoms with E-state index in [9.17, 15) is 0 Å². The van der Waals surface area contributed by atoms with Crippen molar-refractivity contribution in [2.24, 2.45) is 0 Å². The Kier molecular flexibility index (Phi) is 5.22. The van der Waals surface area contributed by atoms with Crippen LogP contribution in [0.5, 0.6) is 0 Å². The summed E-state index contributed by atoms with van der Waals surface area (Å²) in [7, 11) is 0. The van der Waals surface area contributed by atoms with Gasteiger partial charge in [-0.15, -0.1) is 22.7 Å². The van der Waals surface area contributed by atoms with Gasteiger partial charge in [-0.3, -0.25) is 0 Å². The van der Waals surface area contributed by atoms with Gasteiger partial charge in [0, 0.05) is 22.3 Å². The van der Waals surface area contributed by atoms with Gasteiger partial charge < -0.3 is 5.32 Å². The fourth-order valence-corrected chi connectivity index (χ4v) is 4.06. The van der Waals surface area contributed by atoms with Gasteiger partial charge in [0.1, 0.15) is 0 Å². The zero-order valence-corrected chi connectivity index (χ0v) is 13.0. The molecule has 1 atom stereocenters. The van der Waals surface area contributed by atoms with E-state index in [0.29, 0.717) is 6.04 Å². The van der Waals surface area contributed by atoms with Crippen molar-refractivity contribution in [2.45, 2.75) is 32.4 Å². The molecular formula is C13H16BrNS2. The number of hydrogen-bond donors (Lipinski definition) is 1. The molecule has 2 aromatic heterocycles. The molecule has 2 aromatic rings. The standard InChI is InChI=1S/C13H16BrNS2/c1-2-4-11(12-5-3-8-16-12)15-9-10-6-7-13(14)17-10/h3,5-8,11,15H,2,4,9H2,1H3. The SMILES string of the molecule is CCCC(NCc1ccc(Br)s1)c1cccs1. The van der Waals surface area contributed by atoms with Crippen molar-refractivity contribution in [2.75, 3.05) is 0 Å². The molecular weight excluding hydrogens is 314 g/mol. The fourth-order valence-electron chi connectivity index (χ4n) is 1.79. The zero-order valence-electron chi connectivity index (χ0n) is 9.78. The lowest BCUT2D eigenvalue weighted by atomic mass is 10.1. The summed E-state index contributed by atoms with van der Waals surface area (Å²) in [4.78, 5) is 2.83. The third-order valence-electron chi connectivity index (χ3n) is 2.62. The summed E-state index contributed by atoms with van der Waals surface area (Å²) in [5.74, 6) is 0. The maximum Gasteiger partial charge on any atom is 0.0701 e. The molecule has 1 nitrogen and oxygen atoms in total. The lowest BCUT2D eigenvalue weighted by molar-refractivity contribution is 0.503. The Morgan fingerprint density at radius 3 is 2.82 bits per heavy atom. The minimum atomic E-state index is 0.501. The summed E-state index contributed by atoms with van der Waals surface area (Å²) < 4.78 is 1.21. The van der Waals surface area contributed by atoms with Crippen molar-refractivity contribution in [3.8, 4) is 0 Å². The monoisotopic (exact) mass is 329 g/mol. The van der Waals surface area contributed by atoms with Crippen molar-refractivity contribution < 1.29 is 0 Å². The molecule has 0 radical (unpaired) electrons. The second-order valence-electron chi connectivity index (χ2n) is 3.94. The first kappa shape index (κ1) is 13.3. The topological polar surface area (TPSA) is 12.0 Å². The van der Waals surface area contributed by atoms with Gasteiger partial charge in [-0.05, 0) is 45.9 Å². The third kappa shape index (κ3) is 3.91. The highest BCUT2D eigenvalue weighted by atomic mass is 79.9. The number of hydrogen-bond acceptors (Lipinski definition) is 3. The van der Waals surface area contributed by atoms with Crippen LogP contribution in [0.2, 0.25) is 0 Å². The van der Waals surface area contributed by atoms with Crippen LogP contribution in [0, 0.1) is 0 Å². The van der Waals surface area contributed by atoms with Crippen LogP contribution in [-0.4, -0.2) is 0 Å². The first-order valence-electron chi connectivity index (χ1n) is 5.80. The normalized spacial score (nSPS) is 12.8. The number of rotatable bonds is 6. The second kappa shape index (κ2) is 6.69. The number of halogens is 1. The Hall–Kier alpha value is -0.160. The quantitative estimate of drug-likeness (QED) is 0.767. The predicted molar refractivity (Wildman–Crippen MR) is 80.8 cm³/mol. The molecule has 92 valence electrons. The maximum atomic E-state index is 3.65. The van der Waals surface area contributed by atoms with Gasteiger partial charge in [-0.2, -0.15) is 0 Å². The lowest BCUT2D eigenvalue weighted by Crippen LogP contribution is -2.19. The van der Waals surface area contributed by atoms with Gasteiger partial charge in [-0.1, -0.05) is 19.4 Å². The summed E-state index contributed by atoms with van der Waals surface area (Å²) in [6, 6.07) is 9.15. The van der Waals surface area contributed by atoms with E-state index in [4.69, 9.17) is 0 Å². The Morgan fingerprint density at radius 2 is 2.24 bits per heavy atom. The molecule has 1 unspecified atom stereocenters. The highest BCUT2D eigenvalue weighted by Crippen LogP contribution is 2.26. The fraction of sp³-hybridized carbons (Fsp3) is 0.385. The van der Waals surface area contributed by atoms with Gasteiger partial charge >= 0.3 is 0 Å². The summed E-state index contributed by atoms with van der Waals surface area (Å²) >= 11 is 7.15. The molecule has 0 aliphatic heterocycles. The molecule has 2 rings (SSSR count). The van der Waals surface area contributed by atoms with E-state index in [1.54, 1.807) is 11.3 Å². The summed E-state index contributed by atoms with van der Waals surface area (Å²) in [6.45, 7) is 3.20. The largest absolute Gasteiger partial charge is 0.304 e. The van der Waals surface area contributed by atoms with Gasteiger partial charge in [0.05, 0.1) is 3.79 Å². The van der Waals surface area contributed by atoms with E-state index in [1.165, 1.54) is 26.4 Å². The second-order valence-corrected chi connectivity index (χ2v) is 7.47. The van der Waals surface area contributed by atoms with E-state index in [2.05, 4.69) is 57.8 Å². The molecule has 0 aliphatic rings. The number of nitrogens with one attached hydrogen (secondary N) is 1. The van der Waals surface area contributed by atoms with Gasteiger partial charge in [-0.25, -0.2) is 0 Å². The molecule has 0 saturated heterocycles. The Bertz CT molecular complexity index is 436. The molecule has 0 saturated carbocycles. The van der Waals surface area contributed by atoms with Crippen LogP contribution < -0.4 is 5.32 Å². The van der Waals surface area contributed by atoms with Crippen LogP contribution in [0.4, 0.5) is 0 Å². The van der Waals surface area contributed by atoms with Crippen LogP contribution in [-0.2, 0) is 6.54 Å². The van der Waals surface area contributed by atoms with Crippen LogP contribution in [0.25, 0.3) is 0 Å². The molecule has 4 heteroatoms. The van der Waals surface area contributed by atoms with Crippen molar-refractivity contribution in [1.29, 1.82) is 0 Å². The van der Waals surface area contributed by atoms with Crippen molar-refractivity contribution in [1.82, 2.24) is 5.32 Å². The first-order chi connectivity index (χ1) is 8.29. The molecule has 2 heterocycles. The zero-order chi connectivity index (χ0) is 12.1. The summed E-state index contributed by atoms with van der Waals surface area (Å²) in [6.07, 6.45) is 2.41. The average Bonchev–Trinajstić information content (AvgIpc) is 2.95. The smallest absolute Gasteiger partial charge is 0.0701 e. The highest BCUT2D eigenvalue weighted by molar-refractivity contribution is 9.11. The molecule has 0 bridgehead atoms. The van der Waals surface area contributed by atoms with E-state index >= 15 is 0 Å². The summed E-state index contributed by atoms with van der Waals surface area (Å²) in [5.41, 5.74) is 0. The van der Waals surface area contributed by atoms with Gasteiger partial charge in [0.2, 0.25) is 0 Å². The molecule has 1 N–H and O–H groups in total. The van der Waals surface area contributed by atoms with Gasteiger partial charge in [0.15, 0.2) is 0 Å². The summed E-state index contributed by atoms with van der Waals surface area (Å²) in [5, 5.41) is 5.81. The maximum absolute atomic E-state index is 3.65. The van der Waals surface area contributed by atoms with Crippen LogP contribution >= 0.6 is 38.6 Å². The Morgan fingerprint density at radius 1 is 1.35 bits per heavy atom. The van der Waals surface area contributed by atoms with Crippen molar-refractivity contribution in [3.63, 3.8) is 0 Å². The number of thiophene rings is 2. The Balaban J connectivity index is 1.94. The lowest BCUT2D eigenvalue weighted by Gasteiger charge is -2.16. The first-order valence-corrected chi connectivity index (χ1v) is 8.29. The van der Waals surface area contributed by atoms with Crippen LogP contribution in [0.1, 0.15) is 35.6 Å². The average molecular weight is 330 g/mol. The third-order valence-corrected chi connectivity index (χ3v) is 5.23. The minimum Gasteiger partial charge on any atom is -0.304 e. The molecule has 0 amide bonds. The predicted octanol–water partition coefficient (Wildman–Crippen LogP) is 5.20. The Labute approximate surface area is 119 Å². The van der Waals surface area contributed by atoms with Crippen molar-refractivity contribution in [3.05, 3.63) is 43.2 Å². The van der Waals surface area contributed by atoms with Crippen LogP contribution in [0.15, 0.2) is 33.4 Å². The van der Waals surface area contributed by atoms with Gasteiger partial charge in [0.25, 0.3) is 0 Å². The van der Waals surface area contributed by atoms with E-state index in [0.717, 1.165) is 6.54 Å². The van der Waals surface area contributed by atoms with Crippen LogP contribution in [0.3, 0.4) is 0 Å². The minimum absolute atomic E-state index is 0.501. The van der Waals surface area contributed by atoms with E-state index in [1.807, 2.05) is 11.3 Å². The molecule has 0 spiro atoms. The molecule has 17 heavy (non-hydrogen) atoms. The highest BCUT2D eigenvalue weighted by Gasteiger charge is 2.11. The molecule has 0 aromatic carbocycles. The molecule has 0 fully saturated rings. The van der Waals surface area contributed by atoms with Crippen molar-refractivity contribution >= 4 is 38.6 Å². The van der Waals surface area contributed by atoms with E-state index < -0.39 is 0 Å².